The van der Waals surface area contributed by atoms with Gasteiger partial charge in [-0.1, -0.05) is 68.4 Å². The molecule has 0 saturated carbocycles. The average molecular weight is 365 g/mol. The number of amides is 1. The van der Waals surface area contributed by atoms with Crippen LogP contribution in [0.2, 0.25) is 0 Å². The van der Waals surface area contributed by atoms with Crippen LogP contribution in [0.4, 0.5) is 5.13 Å². The summed E-state index contributed by atoms with van der Waals surface area (Å²) in [6.45, 7) is 6.35. The number of anilines is 1. The topological polar surface area (TPSA) is 42.0 Å². The Bertz CT molecular complexity index is 853. The van der Waals surface area contributed by atoms with Crippen LogP contribution in [0, 0.1) is 5.92 Å². The van der Waals surface area contributed by atoms with Crippen LogP contribution in [-0.4, -0.2) is 10.9 Å². The third-order valence-electron chi connectivity index (χ3n) is 4.32. The molecule has 1 atom stereocenters. The lowest BCUT2D eigenvalue weighted by Crippen LogP contribution is -2.18. The van der Waals surface area contributed by atoms with Crippen LogP contribution in [0.5, 0.6) is 0 Å². The lowest BCUT2D eigenvalue weighted by atomic mass is 9.96. The zero-order valence-corrected chi connectivity index (χ0v) is 16.2. The number of nitrogens with zero attached hydrogens (tertiary/aromatic N) is 1. The van der Waals surface area contributed by atoms with Crippen LogP contribution in [0.3, 0.4) is 0 Å². The van der Waals surface area contributed by atoms with Gasteiger partial charge in [-0.05, 0) is 30.4 Å². The van der Waals surface area contributed by atoms with Crippen molar-refractivity contribution in [2.75, 3.05) is 5.32 Å². The lowest BCUT2D eigenvalue weighted by Gasteiger charge is -2.12. The molecular weight excluding hydrogens is 340 g/mol. The fourth-order valence-corrected chi connectivity index (χ4v) is 3.57. The Morgan fingerprint density at radius 1 is 1.04 bits per heavy atom. The number of aromatic nitrogens is 1. The standard InChI is InChI=1S/C22H24N2OS/c1-15(2)13-17-9-11-18(12-10-17)16(3)21(25)24-22-23-20(14-26-22)19-7-5-4-6-8-19/h4-12,14-16H,13H2,1-3H3,(H,23,24,25). The summed E-state index contributed by atoms with van der Waals surface area (Å²) in [5, 5.41) is 5.55. The van der Waals surface area contributed by atoms with E-state index in [-0.39, 0.29) is 11.8 Å². The normalized spacial score (nSPS) is 12.2. The summed E-state index contributed by atoms with van der Waals surface area (Å²) in [4.78, 5) is 17.1. The number of carbonyl (C=O) groups excluding carboxylic acids is 1. The van der Waals surface area contributed by atoms with Gasteiger partial charge in [0, 0.05) is 10.9 Å². The van der Waals surface area contributed by atoms with Gasteiger partial charge in [0.05, 0.1) is 11.6 Å². The van der Waals surface area contributed by atoms with Crippen LogP contribution in [0.1, 0.15) is 37.8 Å². The Hall–Kier alpha value is -2.46. The predicted octanol–water partition coefficient (Wildman–Crippen LogP) is 5.75. The van der Waals surface area contributed by atoms with E-state index < -0.39 is 0 Å². The molecule has 0 aliphatic heterocycles. The number of benzene rings is 2. The van der Waals surface area contributed by atoms with Crippen molar-refractivity contribution in [3.63, 3.8) is 0 Å². The minimum Gasteiger partial charge on any atom is -0.301 e. The first kappa shape index (κ1) is 18.3. The van der Waals surface area contributed by atoms with Crippen LogP contribution in [0.15, 0.2) is 60.0 Å². The number of hydrogen-bond acceptors (Lipinski definition) is 3. The lowest BCUT2D eigenvalue weighted by molar-refractivity contribution is -0.117. The number of thiazole rings is 1. The molecule has 26 heavy (non-hydrogen) atoms. The van der Waals surface area contributed by atoms with Crippen molar-refractivity contribution in [3.8, 4) is 11.3 Å². The van der Waals surface area contributed by atoms with Gasteiger partial charge in [-0.15, -0.1) is 11.3 Å². The molecule has 3 aromatic rings. The van der Waals surface area contributed by atoms with Gasteiger partial charge in [0.15, 0.2) is 5.13 Å². The third-order valence-corrected chi connectivity index (χ3v) is 5.08. The van der Waals surface area contributed by atoms with E-state index in [0.717, 1.165) is 23.2 Å². The molecule has 4 heteroatoms. The zero-order valence-electron chi connectivity index (χ0n) is 15.4. The van der Waals surface area contributed by atoms with Crippen LogP contribution in [0.25, 0.3) is 11.3 Å². The quantitative estimate of drug-likeness (QED) is 0.605. The summed E-state index contributed by atoms with van der Waals surface area (Å²) in [5.74, 6) is 0.382. The molecule has 2 aromatic carbocycles. The van der Waals surface area contributed by atoms with Gasteiger partial charge < -0.3 is 5.32 Å². The predicted molar refractivity (Wildman–Crippen MR) is 110 cm³/mol. The molecule has 0 bridgehead atoms. The van der Waals surface area contributed by atoms with Crippen LogP contribution in [-0.2, 0) is 11.2 Å². The molecule has 1 unspecified atom stereocenters. The van der Waals surface area contributed by atoms with Crippen molar-refractivity contribution < 1.29 is 4.79 Å². The second kappa shape index (κ2) is 8.28. The molecule has 1 heterocycles. The highest BCUT2D eigenvalue weighted by Gasteiger charge is 2.17. The van der Waals surface area contributed by atoms with Gasteiger partial charge in [0.25, 0.3) is 0 Å². The van der Waals surface area contributed by atoms with Crippen LogP contribution >= 0.6 is 11.3 Å². The van der Waals surface area contributed by atoms with Crippen molar-refractivity contribution in [1.82, 2.24) is 4.98 Å². The molecule has 3 nitrogen and oxygen atoms in total. The third kappa shape index (κ3) is 4.58. The SMILES string of the molecule is CC(C)Cc1ccc(C(C)C(=O)Nc2nc(-c3ccccc3)cs2)cc1. The Morgan fingerprint density at radius 2 is 1.73 bits per heavy atom. The first-order chi connectivity index (χ1) is 12.5. The maximum Gasteiger partial charge on any atom is 0.233 e. The molecule has 0 fully saturated rings. The fraction of sp³-hybridized carbons (Fsp3) is 0.273. The number of hydrogen-bond donors (Lipinski definition) is 1. The van der Waals surface area contributed by atoms with E-state index in [0.29, 0.717) is 11.0 Å². The molecule has 0 saturated heterocycles. The first-order valence-electron chi connectivity index (χ1n) is 8.93. The van der Waals surface area contributed by atoms with Crippen molar-refractivity contribution in [2.45, 2.75) is 33.1 Å². The van der Waals surface area contributed by atoms with Gasteiger partial charge in [-0.3, -0.25) is 4.79 Å². The van der Waals surface area contributed by atoms with E-state index in [2.05, 4.69) is 48.4 Å². The highest BCUT2D eigenvalue weighted by atomic mass is 32.1. The molecule has 134 valence electrons. The van der Waals surface area contributed by atoms with Crippen molar-refractivity contribution in [3.05, 3.63) is 71.1 Å². The summed E-state index contributed by atoms with van der Waals surface area (Å²) < 4.78 is 0. The molecule has 1 amide bonds. The van der Waals surface area contributed by atoms with E-state index in [9.17, 15) is 4.79 Å². The Morgan fingerprint density at radius 3 is 2.38 bits per heavy atom. The second-order valence-electron chi connectivity index (χ2n) is 6.95. The summed E-state index contributed by atoms with van der Waals surface area (Å²) in [6, 6.07) is 18.3. The Labute approximate surface area is 159 Å². The molecule has 1 N–H and O–H groups in total. The molecular formula is C22H24N2OS. The monoisotopic (exact) mass is 364 g/mol. The van der Waals surface area contributed by atoms with Gasteiger partial charge >= 0.3 is 0 Å². The van der Waals surface area contributed by atoms with E-state index in [1.54, 1.807) is 0 Å². The number of carbonyl (C=O) groups is 1. The van der Waals surface area contributed by atoms with Crippen molar-refractivity contribution >= 4 is 22.4 Å². The van der Waals surface area contributed by atoms with Crippen molar-refractivity contribution in [2.24, 2.45) is 5.92 Å². The Balaban J connectivity index is 1.65. The van der Waals surface area contributed by atoms with E-state index >= 15 is 0 Å². The summed E-state index contributed by atoms with van der Waals surface area (Å²) in [6.07, 6.45) is 1.06. The molecule has 3 rings (SSSR count). The van der Waals surface area contributed by atoms with Gasteiger partial charge in [-0.25, -0.2) is 4.98 Å². The second-order valence-corrected chi connectivity index (χ2v) is 7.81. The van der Waals surface area contributed by atoms with Gasteiger partial charge in [-0.2, -0.15) is 0 Å². The molecule has 1 aromatic heterocycles. The van der Waals surface area contributed by atoms with E-state index in [4.69, 9.17) is 0 Å². The highest BCUT2D eigenvalue weighted by Crippen LogP contribution is 2.26. The minimum atomic E-state index is -0.216. The molecule has 0 aliphatic carbocycles. The number of rotatable bonds is 6. The maximum absolute atomic E-state index is 12.6. The molecule has 0 radical (unpaired) electrons. The van der Waals surface area contributed by atoms with Crippen LogP contribution < -0.4 is 5.32 Å². The minimum absolute atomic E-state index is 0.0319. The maximum atomic E-state index is 12.6. The summed E-state index contributed by atoms with van der Waals surface area (Å²) in [7, 11) is 0. The zero-order chi connectivity index (χ0) is 18.5. The highest BCUT2D eigenvalue weighted by molar-refractivity contribution is 7.14. The first-order valence-corrected chi connectivity index (χ1v) is 9.81. The summed E-state index contributed by atoms with van der Waals surface area (Å²) >= 11 is 1.45. The van der Waals surface area contributed by atoms with Gasteiger partial charge in [0.2, 0.25) is 5.91 Å². The van der Waals surface area contributed by atoms with Crippen molar-refractivity contribution in [1.29, 1.82) is 0 Å². The smallest absolute Gasteiger partial charge is 0.233 e. The van der Waals surface area contributed by atoms with E-state index in [1.165, 1.54) is 16.9 Å². The largest absolute Gasteiger partial charge is 0.301 e. The molecule has 0 spiro atoms. The average Bonchev–Trinajstić information content (AvgIpc) is 3.10. The summed E-state index contributed by atoms with van der Waals surface area (Å²) in [5.41, 5.74) is 4.27. The van der Waals surface area contributed by atoms with Gasteiger partial charge in [0.1, 0.15) is 0 Å². The number of nitrogens with one attached hydrogen (secondary N) is 1. The fourth-order valence-electron chi connectivity index (χ4n) is 2.85. The Kier molecular flexibility index (Phi) is 5.84. The molecule has 0 aliphatic rings. The van der Waals surface area contributed by atoms with E-state index in [1.807, 2.05) is 42.6 Å².